The fourth-order valence-electron chi connectivity index (χ4n) is 9.20. The number of aromatic nitrogens is 6. The number of fused-ring (bicyclic) bond motifs is 2. The fourth-order valence-corrected chi connectivity index (χ4v) is 9.56. The Hall–Kier alpha value is -7.90. The number of amides is 1. The van der Waals surface area contributed by atoms with E-state index >= 15 is 0 Å². The number of nitrogens with zero attached hydrogens (tertiary/aromatic N) is 10. The number of benzene rings is 4. The first-order chi connectivity index (χ1) is 37.8. The Labute approximate surface area is 473 Å². The second-order valence-corrected chi connectivity index (χ2v) is 19.8. The fraction of sp³-hybridized carbons (Fsp3) is 0.322. The summed E-state index contributed by atoms with van der Waals surface area (Å²) in [6.45, 7) is 12.0. The van der Waals surface area contributed by atoms with Crippen LogP contribution in [0.25, 0.3) is 44.3 Å². The minimum atomic E-state index is -0.370. The molecule has 0 saturated carbocycles. The number of anilines is 8. The monoisotopic (exact) mass is 1110 g/mol. The van der Waals surface area contributed by atoms with Crippen molar-refractivity contribution in [3.63, 3.8) is 0 Å². The van der Waals surface area contributed by atoms with Crippen molar-refractivity contribution in [2.75, 3.05) is 118 Å². The molecular formula is C59H72Cl2N14O4. The van der Waals surface area contributed by atoms with E-state index in [-0.39, 0.29) is 25.0 Å². The van der Waals surface area contributed by atoms with Crippen LogP contribution in [0.3, 0.4) is 0 Å². The molecule has 4 aromatic carbocycles. The van der Waals surface area contributed by atoms with Crippen LogP contribution in [0.2, 0.25) is 0 Å². The zero-order valence-corrected chi connectivity index (χ0v) is 46.6. The molecule has 10 rings (SSSR count). The van der Waals surface area contributed by atoms with Crippen molar-refractivity contribution in [1.82, 2.24) is 38.9 Å². The molecule has 79 heavy (non-hydrogen) atoms. The number of aryl methyl sites for hydroxylation is 2. The van der Waals surface area contributed by atoms with Gasteiger partial charge in [-0.15, -0.1) is 11.6 Å². The summed E-state index contributed by atoms with van der Waals surface area (Å²) in [5.41, 5.74) is 17.0. The van der Waals surface area contributed by atoms with Crippen LogP contribution in [0.4, 0.5) is 46.0 Å². The lowest BCUT2D eigenvalue weighted by Crippen LogP contribution is -2.42. The molecule has 0 spiro atoms. The quantitative estimate of drug-likeness (QED) is 0.0244. The van der Waals surface area contributed by atoms with Crippen LogP contribution in [0.1, 0.15) is 26.7 Å². The van der Waals surface area contributed by atoms with E-state index in [1.807, 2.05) is 81.8 Å². The van der Waals surface area contributed by atoms with Crippen molar-refractivity contribution in [3.05, 3.63) is 122 Å². The highest BCUT2D eigenvalue weighted by Crippen LogP contribution is 2.40. The SMILES string of the molecule is C.C=CC(=O)Nc1cc(Nc2nccc(-c3cn(C)c4ccccc34)n2)c(OC)cc1N(C)CCN1CCC1.COc1cc(N(C)CCN2CCC2)c(N)cc1Nc1nccc(-c2cn(C)c3ccccc23)n1.O=C(Cl)CCCl. The van der Waals surface area contributed by atoms with E-state index in [0.717, 1.165) is 101 Å². The molecular weight excluding hydrogens is 1040 g/mol. The van der Waals surface area contributed by atoms with Crippen LogP contribution in [-0.2, 0) is 23.7 Å². The van der Waals surface area contributed by atoms with Gasteiger partial charge in [-0.25, -0.2) is 19.9 Å². The largest absolute Gasteiger partial charge is 0.494 e. The maximum absolute atomic E-state index is 12.3. The molecule has 18 nitrogen and oxygen atoms in total. The number of halogens is 2. The molecule has 20 heteroatoms. The van der Waals surface area contributed by atoms with Gasteiger partial charge in [-0.1, -0.05) is 50.4 Å². The van der Waals surface area contributed by atoms with Crippen molar-refractivity contribution in [2.24, 2.45) is 14.1 Å². The molecule has 4 aromatic heterocycles. The Morgan fingerprint density at radius 3 is 1.61 bits per heavy atom. The van der Waals surface area contributed by atoms with Gasteiger partial charge in [0.15, 0.2) is 0 Å². The second kappa shape index (κ2) is 27.6. The smallest absolute Gasteiger partial charge is 0.247 e. The summed E-state index contributed by atoms with van der Waals surface area (Å²) < 4.78 is 15.6. The molecule has 0 aliphatic carbocycles. The lowest BCUT2D eigenvalue weighted by molar-refractivity contribution is -0.112. The number of carbonyl (C=O) groups excluding carboxylic acids is 2. The highest BCUT2D eigenvalue weighted by molar-refractivity contribution is 6.63. The van der Waals surface area contributed by atoms with Gasteiger partial charge in [-0.2, -0.15) is 0 Å². The summed E-state index contributed by atoms with van der Waals surface area (Å²) in [6.07, 6.45) is 11.7. The van der Waals surface area contributed by atoms with Gasteiger partial charge in [0.2, 0.25) is 23.0 Å². The van der Waals surface area contributed by atoms with Crippen LogP contribution < -0.4 is 41.0 Å². The Morgan fingerprint density at radius 2 is 1.18 bits per heavy atom. The number of hydrogen-bond donors (Lipinski definition) is 4. The van der Waals surface area contributed by atoms with Crippen LogP contribution in [-0.4, -0.2) is 137 Å². The number of nitrogens with one attached hydrogen (secondary N) is 3. The minimum Gasteiger partial charge on any atom is -0.494 e. The number of alkyl halides is 1. The molecule has 416 valence electrons. The molecule has 2 aliphatic rings. The van der Waals surface area contributed by atoms with Crippen molar-refractivity contribution in [1.29, 1.82) is 0 Å². The number of nitrogens with two attached hydrogens (primary N) is 1. The summed E-state index contributed by atoms with van der Waals surface area (Å²) in [5.74, 6) is 2.26. The second-order valence-electron chi connectivity index (χ2n) is 19.0. The molecule has 6 heterocycles. The predicted molar refractivity (Wildman–Crippen MR) is 325 cm³/mol. The van der Waals surface area contributed by atoms with Gasteiger partial charge in [0.05, 0.1) is 59.7 Å². The third-order valence-corrected chi connectivity index (χ3v) is 14.2. The minimum absolute atomic E-state index is 0. The van der Waals surface area contributed by atoms with Crippen LogP contribution in [0.15, 0.2) is 122 Å². The van der Waals surface area contributed by atoms with Gasteiger partial charge < -0.3 is 59.9 Å². The number of nitrogen functional groups attached to an aromatic ring is 1. The van der Waals surface area contributed by atoms with Gasteiger partial charge in [0.25, 0.3) is 0 Å². The van der Waals surface area contributed by atoms with Gasteiger partial charge in [0, 0.05) is 137 Å². The number of hydrogen-bond acceptors (Lipinski definition) is 15. The molecule has 0 unspecified atom stereocenters. The molecule has 0 atom stereocenters. The summed E-state index contributed by atoms with van der Waals surface area (Å²) in [5, 5.41) is 11.4. The molecule has 5 N–H and O–H groups in total. The predicted octanol–water partition coefficient (Wildman–Crippen LogP) is 10.8. The first-order valence-corrected chi connectivity index (χ1v) is 26.7. The standard InChI is InChI=1S/C29H33N7O2.C26H31N7O.C3H4Cl2O.CH4/c1-5-28(37)31-23-17-24(27(38-4)18-26(23)34(2)15-16-36-13-8-14-36)33-29-30-12-11-22(32-29)21-19-35(3)25-10-7-6-9-20(21)25;1-31(13-14-33-11-6-12-33)24-16-25(34-3)22(15-20(24)27)30-26-28-10-9-21(29-26)19-17-32(2)23-8-5-4-7-18(19)23;4-2-1-3(5)6;/h5-7,9-12,17-19H,1,8,13-16H2,2-4H3,(H,31,37)(H,30,32,33);4-5,7-10,15-17H,6,11-14,27H2,1-3H3,(H,28,29,30);1-2H2;1H4. The lowest BCUT2D eigenvalue weighted by Gasteiger charge is -2.33. The Bertz CT molecular complexity index is 3380. The highest BCUT2D eigenvalue weighted by Gasteiger charge is 2.21. The highest BCUT2D eigenvalue weighted by atomic mass is 35.5. The normalized spacial score (nSPS) is 12.8. The van der Waals surface area contributed by atoms with E-state index in [0.29, 0.717) is 46.3 Å². The van der Waals surface area contributed by atoms with Gasteiger partial charge in [-0.3, -0.25) is 9.59 Å². The summed E-state index contributed by atoms with van der Waals surface area (Å²) in [4.78, 5) is 49.6. The third kappa shape index (κ3) is 14.6. The van der Waals surface area contributed by atoms with E-state index in [4.69, 9.17) is 48.4 Å². The van der Waals surface area contributed by atoms with Crippen LogP contribution >= 0.6 is 23.2 Å². The molecule has 0 bridgehead atoms. The first kappa shape index (κ1) is 58.8. The van der Waals surface area contributed by atoms with Crippen molar-refractivity contribution >= 4 is 102 Å². The molecule has 8 aromatic rings. The van der Waals surface area contributed by atoms with Gasteiger partial charge in [-0.05, 0) is 93.1 Å². The van der Waals surface area contributed by atoms with Crippen LogP contribution in [0.5, 0.6) is 11.5 Å². The number of carbonyl (C=O) groups is 2. The molecule has 2 saturated heterocycles. The van der Waals surface area contributed by atoms with Crippen molar-refractivity contribution in [3.8, 4) is 34.0 Å². The summed E-state index contributed by atoms with van der Waals surface area (Å²) >= 11 is 9.95. The molecule has 1 amide bonds. The van der Waals surface area contributed by atoms with E-state index in [1.165, 1.54) is 32.0 Å². The third-order valence-electron chi connectivity index (χ3n) is 13.8. The van der Waals surface area contributed by atoms with E-state index in [1.54, 1.807) is 26.6 Å². The van der Waals surface area contributed by atoms with E-state index < -0.39 is 0 Å². The maximum Gasteiger partial charge on any atom is 0.247 e. The number of rotatable bonds is 20. The number of likely N-dealkylation sites (N-methyl/N-ethyl adjacent to an activating group) is 2. The number of likely N-dealkylation sites (tertiary alicyclic amines) is 2. The summed E-state index contributed by atoms with van der Waals surface area (Å²) in [7, 11) is 11.4. The Balaban J connectivity index is 0.000000206. The average Bonchev–Trinajstić information content (AvgIpc) is 4.02. The topological polar surface area (TPSA) is 189 Å². The zero-order valence-electron chi connectivity index (χ0n) is 45.1. The van der Waals surface area contributed by atoms with Gasteiger partial charge >= 0.3 is 0 Å². The molecule has 2 aliphatic heterocycles. The Morgan fingerprint density at radius 1 is 0.709 bits per heavy atom. The number of ether oxygens (including phenoxy) is 2. The van der Waals surface area contributed by atoms with Crippen molar-refractivity contribution in [2.45, 2.75) is 26.7 Å². The lowest BCUT2D eigenvalue weighted by atomic mass is 10.1. The van der Waals surface area contributed by atoms with Gasteiger partial charge in [0.1, 0.15) is 11.5 Å². The van der Waals surface area contributed by atoms with Crippen LogP contribution in [0, 0.1) is 0 Å². The number of para-hydroxylation sites is 2. The molecule has 2 fully saturated rings. The first-order valence-electron chi connectivity index (χ1n) is 25.8. The average molecular weight is 1110 g/mol. The Kier molecular flexibility index (Phi) is 20.5. The maximum atomic E-state index is 12.3. The zero-order chi connectivity index (χ0) is 55.3. The molecule has 0 radical (unpaired) electrons. The summed E-state index contributed by atoms with van der Waals surface area (Å²) in [6, 6.07) is 28.0. The van der Waals surface area contributed by atoms with E-state index in [2.05, 4.69) is 105 Å². The van der Waals surface area contributed by atoms with E-state index in [9.17, 15) is 9.59 Å². The number of methoxy groups -OCH3 is 2. The van der Waals surface area contributed by atoms with Crippen molar-refractivity contribution < 1.29 is 19.1 Å².